The van der Waals surface area contributed by atoms with Crippen LogP contribution in [0.4, 0.5) is 0 Å². The Morgan fingerprint density at radius 1 is 1.44 bits per heavy atom. The van der Waals surface area contributed by atoms with Crippen LogP contribution in [0.3, 0.4) is 0 Å². The van der Waals surface area contributed by atoms with Gasteiger partial charge in [-0.05, 0) is 32.2 Å². The molecule has 0 radical (unpaired) electrons. The van der Waals surface area contributed by atoms with Crippen molar-refractivity contribution in [3.63, 3.8) is 0 Å². The van der Waals surface area contributed by atoms with Crippen molar-refractivity contribution in [1.82, 2.24) is 10.3 Å². The van der Waals surface area contributed by atoms with E-state index in [0.717, 1.165) is 21.2 Å². The van der Waals surface area contributed by atoms with Crippen molar-refractivity contribution in [3.05, 3.63) is 44.9 Å². The normalized spacial score (nSPS) is 12.4. The Hall–Kier alpha value is -1.10. The van der Waals surface area contributed by atoms with Crippen molar-refractivity contribution in [2.45, 2.75) is 13.0 Å². The molecule has 1 aromatic carbocycles. The molecule has 1 aromatic heterocycles. The topological polar surface area (TPSA) is 34.2 Å². The van der Waals surface area contributed by atoms with Gasteiger partial charge in [0, 0.05) is 21.7 Å². The molecule has 0 aliphatic carbocycles. The van der Waals surface area contributed by atoms with E-state index in [0.29, 0.717) is 5.02 Å². The average molecular weight is 283 g/mol. The van der Waals surface area contributed by atoms with Gasteiger partial charge in [-0.2, -0.15) is 0 Å². The molecule has 1 N–H and O–H groups in total. The molecule has 0 aliphatic rings. The number of benzene rings is 1. The van der Waals surface area contributed by atoms with Crippen molar-refractivity contribution >= 4 is 22.9 Å². The maximum absolute atomic E-state index is 6.07. The monoisotopic (exact) mass is 282 g/mol. The molecule has 0 amide bonds. The van der Waals surface area contributed by atoms with Crippen molar-refractivity contribution in [2.24, 2.45) is 0 Å². The summed E-state index contributed by atoms with van der Waals surface area (Å²) < 4.78 is 5.40. The van der Waals surface area contributed by atoms with E-state index in [4.69, 9.17) is 16.3 Å². The van der Waals surface area contributed by atoms with E-state index in [2.05, 4.69) is 10.3 Å². The lowest BCUT2D eigenvalue weighted by Gasteiger charge is -2.18. The minimum Gasteiger partial charge on any atom is -0.496 e. The summed E-state index contributed by atoms with van der Waals surface area (Å²) in [6.45, 7) is 2.00. The minimum absolute atomic E-state index is 0.0462. The van der Waals surface area contributed by atoms with Crippen LogP contribution in [0.2, 0.25) is 5.02 Å². The number of methoxy groups -OCH3 is 1. The Bertz CT molecular complexity index is 542. The summed E-state index contributed by atoms with van der Waals surface area (Å²) in [5.74, 6) is 0.824. The molecule has 18 heavy (non-hydrogen) atoms. The number of aromatic nitrogens is 1. The number of thiazole rings is 1. The number of hydrogen-bond acceptors (Lipinski definition) is 4. The first-order valence-corrected chi connectivity index (χ1v) is 6.78. The molecule has 1 unspecified atom stereocenters. The third-order valence-corrected chi connectivity index (χ3v) is 3.93. The van der Waals surface area contributed by atoms with Gasteiger partial charge in [0.1, 0.15) is 5.75 Å². The van der Waals surface area contributed by atoms with Crippen LogP contribution < -0.4 is 10.1 Å². The Labute approximate surface area is 116 Å². The van der Waals surface area contributed by atoms with Crippen LogP contribution >= 0.6 is 22.9 Å². The second-order valence-corrected chi connectivity index (χ2v) is 5.59. The number of ether oxygens (including phenoxy) is 1. The number of rotatable bonds is 4. The summed E-state index contributed by atoms with van der Waals surface area (Å²) >= 11 is 7.74. The van der Waals surface area contributed by atoms with Gasteiger partial charge in [-0.25, -0.2) is 4.98 Å². The van der Waals surface area contributed by atoms with Crippen LogP contribution in [0, 0.1) is 6.92 Å². The lowest BCUT2D eigenvalue weighted by Crippen LogP contribution is -2.17. The highest BCUT2D eigenvalue weighted by atomic mass is 35.5. The number of aryl methyl sites for hydroxylation is 1. The van der Waals surface area contributed by atoms with Gasteiger partial charge in [0.2, 0.25) is 0 Å². The Morgan fingerprint density at radius 3 is 2.78 bits per heavy atom. The molecule has 96 valence electrons. The fraction of sp³-hybridized carbons (Fsp3) is 0.308. The molecule has 0 bridgehead atoms. The molecule has 0 aliphatic heterocycles. The molecular weight excluding hydrogens is 268 g/mol. The summed E-state index contributed by atoms with van der Waals surface area (Å²) in [5, 5.41) is 5.03. The van der Waals surface area contributed by atoms with Crippen LogP contribution in [-0.4, -0.2) is 19.1 Å². The smallest absolute Gasteiger partial charge is 0.124 e. The van der Waals surface area contributed by atoms with E-state index in [9.17, 15) is 0 Å². The molecule has 3 nitrogen and oxygen atoms in total. The average Bonchev–Trinajstić information content (AvgIpc) is 2.77. The molecule has 0 saturated carbocycles. The van der Waals surface area contributed by atoms with Gasteiger partial charge >= 0.3 is 0 Å². The largest absolute Gasteiger partial charge is 0.496 e. The highest BCUT2D eigenvalue weighted by Gasteiger charge is 2.19. The Balaban J connectivity index is 2.47. The highest BCUT2D eigenvalue weighted by Crippen LogP contribution is 2.34. The lowest BCUT2D eigenvalue weighted by molar-refractivity contribution is 0.405. The Morgan fingerprint density at radius 2 is 2.22 bits per heavy atom. The van der Waals surface area contributed by atoms with Crippen LogP contribution in [0.25, 0.3) is 0 Å². The first-order valence-electron chi connectivity index (χ1n) is 5.58. The first kappa shape index (κ1) is 13.3. The third kappa shape index (κ3) is 2.66. The van der Waals surface area contributed by atoms with Crippen molar-refractivity contribution in [3.8, 4) is 5.75 Å². The zero-order valence-corrected chi connectivity index (χ0v) is 12.1. The molecule has 0 spiro atoms. The third-order valence-electron chi connectivity index (χ3n) is 2.72. The molecule has 0 fully saturated rings. The summed E-state index contributed by atoms with van der Waals surface area (Å²) in [6, 6.07) is 5.69. The zero-order valence-electron chi connectivity index (χ0n) is 10.5. The number of halogens is 1. The van der Waals surface area contributed by atoms with Crippen molar-refractivity contribution in [1.29, 1.82) is 0 Å². The predicted octanol–water partition coefficient (Wildman–Crippen LogP) is 3.42. The molecule has 2 rings (SSSR count). The van der Waals surface area contributed by atoms with E-state index >= 15 is 0 Å². The maximum Gasteiger partial charge on any atom is 0.124 e. The second kappa shape index (κ2) is 5.69. The van der Waals surface area contributed by atoms with Crippen molar-refractivity contribution < 1.29 is 4.74 Å². The van der Waals surface area contributed by atoms with E-state index < -0.39 is 0 Å². The maximum atomic E-state index is 6.07. The van der Waals surface area contributed by atoms with Crippen molar-refractivity contribution in [2.75, 3.05) is 14.2 Å². The van der Waals surface area contributed by atoms with Gasteiger partial charge in [0.05, 0.1) is 18.2 Å². The molecule has 1 atom stereocenters. The zero-order chi connectivity index (χ0) is 13.1. The molecule has 0 saturated heterocycles. The van der Waals surface area contributed by atoms with Gasteiger partial charge < -0.3 is 10.1 Å². The predicted molar refractivity (Wildman–Crippen MR) is 75.8 cm³/mol. The Kier molecular flexibility index (Phi) is 4.22. The summed E-state index contributed by atoms with van der Waals surface area (Å²) in [6.07, 6.45) is 1.89. The quantitative estimate of drug-likeness (QED) is 0.933. The molecular formula is C13H15ClN2OS. The van der Waals surface area contributed by atoms with Crippen LogP contribution in [0.5, 0.6) is 5.75 Å². The fourth-order valence-corrected chi connectivity index (χ4v) is 2.99. The lowest BCUT2D eigenvalue weighted by atomic mass is 10.0. The minimum atomic E-state index is 0.0462. The summed E-state index contributed by atoms with van der Waals surface area (Å²) in [7, 11) is 3.58. The van der Waals surface area contributed by atoms with Gasteiger partial charge in [-0.1, -0.05) is 11.6 Å². The first-order chi connectivity index (χ1) is 8.65. The van der Waals surface area contributed by atoms with Gasteiger partial charge in [-0.3, -0.25) is 0 Å². The van der Waals surface area contributed by atoms with Gasteiger partial charge in [0.25, 0.3) is 0 Å². The summed E-state index contributed by atoms with van der Waals surface area (Å²) in [5.41, 5.74) is 1.02. The van der Waals surface area contributed by atoms with Crippen LogP contribution in [0.1, 0.15) is 21.5 Å². The second-order valence-electron chi connectivity index (χ2n) is 3.89. The SMILES string of the molecule is CNC(c1cnc(C)s1)c1cc(Cl)ccc1OC. The fourth-order valence-electron chi connectivity index (χ4n) is 1.89. The molecule has 5 heteroatoms. The van der Waals surface area contributed by atoms with E-state index in [1.165, 1.54) is 0 Å². The molecule has 2 aromatic rings. The van der Waals surface area contributed by atoms with E-state index in [1.807, 2.05) is 38.4 Å². The highest BCUT2D eigenvalue weighted by molar-refractivity contribution is 7.11. The van der Waals surface area contributed by atoms with Gasteiger partial charge in [0.15, 0.2) is 0 Å². The van der Waals surface area contributed by atoms with E-state index in [1.54, 1.807) is 18.4 Å². The van der Waals surface area contributed by atoms with Gasteiger partial charge in [-0.15, -0.1) is 11.3 Å². The number of hydrogen-bond donors (Lipinski definition) is 1. The number of nitrogens with one attached hydrogen (secondary N) is 1. The number of nitrogens with zero attached hydrogens (tertiary/aromatic N) is 1. The standard InChI is InChI=1S/C13H15ClN2OS/c1-8-16-7-12(18-8)13(15-2)10-6-9(14)4-5-11(10)17-3/h4-7,13,15H,1-3H3. The summed E-state index contributed by atoms with van der Waals surface area (Å²) in [4.78, 5) is 5.44. The van der Waals surface area contributed by atoms with Crippen LogP contribution in [0.15, 0.2) is 24.4 Å². The molecule has 1 heterocycles. The van der Waals surface area contributed by atoms with Crippen LogP contribution in [-0.2, 0) is 0 Å². The van der Waals surface area contributed by atoms with E-state index in [-0.39, 0.29) is 6.04 Å².